The average molecular weight is 522 g/mol. The van der Waals surface area contributed by atoms with Gasteiger partial charge >= 0.3 is 6.02 Å². The van der Waals surface area contributed by atoms with Crippen molar-refractivity contribution in [2.75, 3.05) is 33.0 Å². The molecule has 3 aromatic carbocycles. The van der Waals surface area contributed by atoms with E-state index in [9.17, 15) is 13.2 Å². The first-order valence-corrected chi connectivity index (χ1v) is 13.9. The first-order valence-electron chi connectivity index (χ1n) is 12.0. The summed E-state index contributed by atoms with van der Waals surface area (Å²) in [6.07, 6.45) is 2.36. The van der Waals surface area contributed by atoms with Crippen LogP contribution in [0.1, 0.15) is 28.8 Å². The van der Waals surface area contributed by atoms with Crippen molar-refractivity contribution in [1.82, 2.24) is 10.2 Å². The van der Waals surface area contributed by atoms with Crippen molar-refractivity contribution >= 4 is 22.0 Å². The molecule has 1 N–H and O–H groups in total. The predicted octanol–water partition coefficient (Wildman–Crippen LogP) is 3.85. The van der Waals surface area contributed by atoms with E-state index in [0.717, 1.165) is 11.8 Å². The second kappa shape index (κ2) is 11.5. The van der Waals surface area contributed by atoms with Crippen LogP contribution in [-0.4, -0.2) is 58.2 Å². The number of nitrogens with one attached hydrogen (secondary N) is 1. The number of amidine groups is 1. The molecule has 1 saturated heterocycles. The van der Waals surface area contributed by atoms with Crippen LogP contribution >= 0.6 is 0 Å². The highest BCUT2D eigenvalue weighted by Crippen LogP contribution is 2.35. The molecule has 0 spiro atoms. The van der Waals surface area contributed by atoms with Gasteiger partial charge in [0.15, 0.2) is 0 Å². The monoisotopic (exact) mass is 521 g/mol. The molecular formula is C28H31N3O5S. The number of carbonyl (C=O) groups excluding carboxylic acids is 1. The van der Waals surface area contributed by atoms with Gasteiger partial charge in [0.1, 0.15) is 11.5 Å². The standard InChI is InChI=1S/C28H31N3O5S/c1-35-25-16-10-9-15-24(25)26(32)29-21-28(22-11-5-3-6-12-22)17-19-31(20-18-28)27(30-37(2,33)34)36-23-13-7-4-8-14-23/h3-16H,17-21H2,1-2H3,(H,29,32)/b30-27-. The number of para-hydroxylation sites is 2. The Morgan fingerprint density at radius 1 is 0.946 bits per heavy atom. The summed E-state index contributed by atoms with van der Waals surface area (Å²) in [4.78, 5) is 14.9. The minimum absolute atomic E-state index is 0.0495. The van der Waals surface area contributed by atoms with Crippen LogP contribution in [-0.2, 0) is 15.4 Å². The van der Waals surface area contributed by atoms with Crippen LogP contribution in [0.25, 0.3) is 0 Å². The van der Waals surface area contributed by atoms with Crippen LogP contribution in [0.4, 0.5) is 0 Å². The molecule has 9 heteroatoms. The van der Waals surface area contributed by atoms with Gasteiger partial charge in [-0.2, -0.15) is 0 Å². The highest BCUT2D eigenvalue weighted by Gasteiger charge is 2.38. The molecule has 194 valence electrons. The Balaban J connectivity index is 1.55. The molecule has 1 aliphatic rings. The van der Waals surface area contributed by atoms with Crippen LogP contribution in [0, 0.1) is 0 Å². The van der Waals surface area contributed by atoms with Crippen LogP contribution in [0.15, 0.2) is 89.3 Å². The molecule has 0 aliphatic carbocycles. The second-order valence-electron chi connectivity index (χ2n) is 9.04. The Labute approximate surface area is 218 Å². The Hall–Kier alpha value is -3.85. The number of hydrogen-bond donors (Lipinski definition) is 1. The van der Waals surface area contributed by atoms with Crippen LogP contribution in [0.5, 0.6) is 11.5 Å². The summed E-state index contributed by atoms with van der Waals surface area (Å²) in [7, 11) is -2.14. The average Bonchev–Trinajstić information content (AvgIpc) is 2.92. The Morgan fingerprint density at radius 3 is 2.16 bits per heavy atom. The maximum atomic E-state index is 13.1. The maximum absolute atomic E-state index is 13.1. The number of piperidine rings is 1. The first kappa shape index (κ1) is 26.2. The molecule has 4 rings (SSSR count). The summed E-state index contributed by atoms with van der Waals surface area (Å²) in [5, 5.41) is 3.11. The largest absolute Gasteiger partial charge is 0.496 e. The van der Waals surface area contributed by atoms with E-state index in [0.29, 0.717) is 49.5 Å². The number of nitrogens with zero attached hydrogens (tertiary/aromatic N) is 2. The first-order chi connectivity index (χ1) is 17.8. The lowest BCUT2D eigenvalue weighted by Crippen LogP contribution is -2.51. The van der Waals surface area contributed by atoms with E-state index in [-0.39, 0.29) is 17.3 Å². The minimum Gasteiger partial charge on any atom is -0.496 e. The van der Waals surface area contributed by atoms with Crippen molar-refractivity contribution < 1.29 is 22.7 Å². The van der Waals surface area contributed by atoms with Crippen LogP contribution in [0.3, 0.4) is 0 Å². The number of rotatable bonds is 7. The summed E-state index contributed by atoms with van der Waals surface area (Å²) in [5.41, 5.74) is 1.24. The number of ether oxygens (including phenoxy) is 2. The van der Waals surface area contributed by atoms with E-state index in [4.69, 9.17) is 9.47 Å². The molecule has 37 heavy (non-hydrogen) atoms. The van der Waals surface area contributed by atoms with Crippen molar-refractivity contribution in [3.63, 3.8) is 0 Å². The van der Waals surface area contributed by atoms with Gasteiger partial charge in [0, 0.05) is 25.0 Å². The lowest BCUT2D eigenvalue weighted by atomic mass is 9.72. The summed E-state index contributed by atoms with van der Waals surface area (Å²) in [6.45, 7) is 1.42. The van der Waals surface area contributed by atoms with Gasteiger partial charge in [-0.15, -0.1) is 4.40 Å². The van der Waals surface area contributed by atoms with Crippen molar-refractivity contribution in [3.8, 4) is 11.5 Å². The molecule has 0 unspecified atom stereocenters. The zero-order valence-electron chi connectivity index (χ0n) is 21.0. The topological polar surface area (TPSA) is 97.3 Å². The van der Waals surface area contributed by atoms with Crippen LogP contribution < -0.4 is 14.8 Å². The summed E-state index contributed by atoms with van der Waals surface area (Å²) < 4.78 is 39.2. The quantitative estimate of drug-likeness (QED) is 0.375. The van der Waals surface area contributed by atoms with Gasteiger partial charge in [0.05, 0.1) is 18.9 Å². The van der Waals surface area contributed by atoms with Crippen molar-refractivity contribution in [2.24, 2.45) is 4.40 Å². The fourth-order valence-electron chi connectivity index (χ4n) is 4.54. The molecule has 1 amide bonds. The van der Waals surface area contributed by atoms with E-state index in [1.807, 2.05) is 47.4 Å². The predicted molar refractivity (Wildman–Crippen MR) is 144 cm³/mol. The summed E-state index contributed by atoms with van der Waals surface area (Å²) >= 11 is 0. The van der Waals surface area contributed by atoms with Gasteiger partial charge in [-0.25, -0.2) is 8.42 Å². The molecular weight excluding hydrogens is 490 g/mol. The number of benzene rings is 3. The molecule has 3 aromatic rings. The summed E-state index contributed by atoms with van der Waals surface area (Å²) in [6, 6.07) is 26.2. The van der Waals surface area contributed by atoms with Crippen LogP contribution in [0.2, 0.25) is 0 Å². The Kier molecular flexibility index (Phi) is 8.13. The van der Waals surface area contributed by atoms with Crippen molar-refractivity contribution in [1.29, 1.82) is 0 Å². The van der Waals surface area contributed by atoms with Gasteiger partial charge in [-0.05, 0) is 42.7 Å². The van der Waals surface area contributed by atoms with E-state index in [1.165, 1.54) is 0 Å². The normalized spacial score (nSPS) is 15.6. The molecule has 0 bridgehead atoms. The highest BCUT2D eigenvalue weighted by atomic mass is 32.2. The summed E-state index contributed by atoms with van der Waals surface area (Å²) in [5.74, 6) is 0.819. The van der Waals surface area contributed by atoms with Gasteiger partial charge < -0.3 is 19.7 Å². The highest BCUT2D eigenvalue weighted by molar-refractivity contribution is 7.89. The number of amides is 1. The smallest absolute Gasteiger partial charge is 0.308 e. The van der Waals surface area contributed by atoms with Gasteiger partial charge in [-0.1, -0.05) is 60.7 Å². The van der Waals surface area contributed by atoms with Crippen molar-refractivity contribution in [2.45, 2.75) is 18.3 Å². The lowest BCUT2D eigenvalue weighted by Gasteiger charge is -2.42. The van der Waals surface area contributed by atoms with E-state index >= 15 is 0 Å². The number of likely N-dealkylation sites (tertiary alicyclic amines) is 1. The Morgan fingerprint density at radius 2 is 1.54 bits per heavy atom. The zero-order chi connectivity index (χ0) is 26.3. The molecule has 1 aliphatic heterocycles. The molecule has 1 heterocycles. The minimum atomic E-state index is -3.68. The third-order valence-corrected chi connectivity index (χ3v) is 7.00. The molecule has 1 fully saturated rings. The van der Waals surface area contributed by atoms with E-state index in [1.54, 1.807) is 37.4 Å². The third-order valence-electron chi connectivity index (χ3n) is 6.51. The van der Waals surface area contributed by atoms with Gasteiger partial charge in [0.25, 0.3) is 15.9 Å². The number of carbonyl (C=O) groups is 1. The third kappa shape index (κ3) is 6.68. The van der Waals surface area contributed by atoms with E-state index in [2.05, 4.69) is 21.8 Å². The molecule has 8 nitrogen and oxygen atoms in total. The van der Waals surface area contributed by atoms with Crippen molar-refractivity contribution in [3.05, 3.63) is 96.1 Å². The van der Waals surface area contributed by atoms with Gasteiger partial charge in [0.2, 0.25) is 0 Å². The number of methoxy groups -OCH3 is 1. The molecule has 0 aromatic heterocycles. The maximum Gasteiger partial charge on any atom is 0.308 e. The van der Waals surface area contributed by atoms with Gasteiger partial charge in [-0.3, -0.25) is 4.79 Å². The SMILES string of the molecule is COc1ccccc1C(=O)NCC1(c2ccccc2)CCN(/C(=N/S(C)(=O)=O)Oc2ccccc2)CC1. The van der Waals surface area contributed by atoms with E-state index < -0.39 is 10.0 Å². The molecule has 0 saturated carbocycles. The Bertz CT molecular complexity index is 1340. The fraction of sp³-hybridized carbons (Fsp3) is 0.286. The fourth-order valence-corrected chi connectivity index (χ4v) is 4.98. The number of hydrogen-bond acceptors (Lipinski definition) is 5. The second-order valence-corrected chi connectivity index (χ2v) is 10.7. The molecule has 0 radical (unpaired) electrons. The molecule has 0 atom stereocenters. The number of sulfonamides is 1. The zero-order valence-corrected chi connectivity index (χ0v) is 21.8. The lowest BCUT2D eigenvalue weighted by molar-refractivity contribution is 0.0927.